The van der Waals surface area contributed by atoms with E-state index in [0.717, 1.165) is 44.6 Å². The molecule has 0 radical (unpaired) electrons. The molecular weight excluding hydrogens is 356 g/mol. The van der Waals surface area contributed by atoms with Crippen LogP contribution in [0.4, 0.5) is 5.69 Å². The van der Waals surface area contributed by atoms with Gasteiger partial charge in [-0.1, -0.05) is 0 Å². The van der Waals surface area contributed by atoms with Crippen LogP contribution in [0.25, 0.3) is 0 Å². The molecule has 0 spiro atoms. The quantitative estimate of drug-likeness (QED) is 0.438. The van der Waals surface area contributed by atoms with Crippen LogP contribution in [-0.2, 0) is 14.3 Å². The van der Waals surface area contributed by atoms with Crippen LogP contribution in [0.3, 0.4) is 0 Å². The van der Waals surface area contributed by atoms with E-state index in [1.165, 1.54) is 0 Å². The largest absolute Gasteiger partial charge is 0.465 e. The summed E-state index contributed by atoms with van der Waals surface area (Å²) >= 11 is 0. The normalized spacial score (nSPS) is 19.3. The minimum absolute atomic E-state index is 0.0590. The average molecular weight is 378 g/mol. The highest BCUT2D eigenvalue weighted by Gasteiger charge is 2.29. The Bertz CT molecular complexity index is 752. The summed E-state index contributed by atoms with van der Waals surface area (Å²) in [5.41, 5.74) is -0.796. The lowest BCUT2D eigenvalue weighted by Gasteiger charge is -2.38. The number of carbonyl (C=O) groups is 3. The van der Waals surface area contributed by atoms with Crippen molar-refractivity contribution >= 4 is 23.5 Å². The van der Waals surface area contributed by atoms with Gasteiger partial charge in [0.1, 0.15) is 0 Å². The second-order valence-corrected chi connectivity index (χ2v) is 6.52. The number of nitro benzene ring substituents is 1. The number of nitrogens with zero attached hydrogens (tertiary/aromatic N) is 2. The molecule has 1 aliphatic heterocycles. The van der Waals surface area contributed by atoms with E-state index >= 15 is 0 Å². The molecule has 0 unspecified atom stereocenters. The number of piperidine rings is 1. The van der Waals surface area contributed by atoms with Crippen LogP contribution in [0, 0.1) is 10.1 Å². The van der Waals surface area contributed by atoms with Gasteiger partial charge in [0, 0.05) is 24.2 Å². The smallest absolute Gasteiger partial charge is 0.338 e. The molecule has 9 heteroatoms. The summed E-state index contributed by atoms with van der Waals surface area (Å²) in [5, 5.41) is 11.0. The molecule has 2 atom stereocenters. The van der Waals surface area contributed by atoms with Gasteiger partial charge in [-0.05, 0) is 39.2 Å². The van der Waals surface area contributed by atoms with Crippen LogP contribution in [0.2, 0.25) is 0 Å². The van der Waals surface area contributed by atoms with E-state index in [0.29, 0.717) is 0 Å². The summed E-state index contributed by atoms with van der Waals surface area (Å²) in [7, 11) is 1.12. The summed E-state index contributed by atoms with van der Waals surface area (Å²) in [6.07, 6.45) is 2.81. The Kier molecular flexibility index (Phi) is 6.49. The number of carbonyl (C=O) groups excluding carboxylic acids is 3. The van der Waals surface area contributed by atoms with Crippen LogP contribution >= 0.6 is 0 Å². The molecule has 0 saturated carbocycles. The van der Waals surface area contributed by atoms with E-state index in [1.54, 1.807) is 4.90 Å². The fourth-order valence-electron chi connectivity index (χ4n) is 3.27. The van der Waals surface area contributed by atoms with Crippen molar-refractivity contribution in [2.45, 2.75) is 45.2 Å². The highest BCUT2D eigenvalue weighted by atomic mass is 16.6. The number of benzene rings is 1. The summed E-state index contributed by atoms with van der Waals surface area (Å²) < 4.78 is 9.57. The van der Waals surface area contributed by atoms with Gasteiger partial charge >= 0.3 is 11.9 Å². The molecule has 0 bridgehead atoms. The van der Waals surface area contributed by atoms with E-state index in [2.05, 4.69) is 4.74 Å². The molecule has 1 aromatic rings. The number of non-ortho nitro benzene ring substituents is 1. The van der Waals surface area contributed by atoms with Crippen molar-refractivity contribution in [1.82, 2.24) is 4.90 Å². The number of methoxy groups -OCH3 is 1. The van der Waals surface area contributed by atoms with Crippen LogP contribution in [0.5, 0.6) is 0 Å². The highest BCUT2D eigenvalue weighted by Crippen LogP contribution is 2.23. The average Bonchev–Trinajstić information content (AvgIpc) is 2.64. The fourth-order valence-corrected chi connectivity index (χ4v) is 3.27. The number of rotatable bonds is 5. The number of hydrogen-bond acceptors (Lipinski definition) is 7. The SMILES string of the molecule is COC(=O)c1cc(C(=O)OCC(=O)N2[C@H](C)CCC[C@H]2C)cc([N+](=O)[O-])c1. The zero-order valence-electron chi connectivity index (χ0n) is 15.5. The molecule has 1 aromatic carbocycles. The maximum Gasteiger partial charge on any atom is 0.338 e. The second-order valence-electron chi connectivity index (χ2n) is 6.52. The molecule has 1 aliphatic rings. The highest BCUT2D eigenvalue weighted by molar-refractivity contribution is 5.97. The molecule has 27 heavy (non-hydrogen) atoms. The summed E-state index contributed by atoms with van der Waals surface area (Å²) in [4.78, 5) is 48.3. The first-order valence-corrected chi connectivity index (χ1v) is 8.60. The van der Waals surface area contributed by atoms with Crippen LogP contribution in [0.15, 0.2) is 18.2 Å². The van der Waals surface area contributed by atoms with Crippen molar-refractivity contribution in [1.29, 1.82) is 0 Å². The maximum absolute atomic E-state index is 12.4. The standard InChI is InChI=1S/C18H22N2O7/c1-11-5-4-6-12(2)19(11)16(21)10-27-18(23)14-7-13(17(22)26-3)8-15(9-14)20(24)25/h7-9,11-12H,4-6,10H2,1-3H3/t11-,12-/m1/s1. The van der Waals surface area contributed by atoms with E-state index in [9.17, 15) is 24.5 Å². The fraction of sp³-hybridized carbons (Fsp3) is 0.500. The number of hydrogen-bond donors (Lipinski definition) is 0. The molecule has 1 saturated heterocycles. The molecule has 9 nitrogen and oxygen atoms in total. The first kappa shape index (κ1) is 20.3. The van der Waals surface area contributed by atoms with Gasteiger partial charge in [0.25, 0.3) is 11.6 Å². The first-order valence-electron chi connectivity index (χ1n) is 8.60. The zero-order valence-corrected chi connectivity index (χ0v) is 15.5. The lowest BCUT2D eigenvalue weighted by Crippen LogP contribution is -2.49. The van der Waals surface area contributed by atoms with Gasteiger partial charge in [0.2, 0.25) is 0 Å². The molecule has 0 aliphatic carbocycles. The summed E-state index contributed by atoms with van der Waals surface area (Å²) in [6, 6.07) is 3.25. The number of nitro groups is 1. The maximum atomic E-state index is 12.4. The Morgan fingerprint density at radius 3 is 2.19 bits per heavy atom. The zero-order chi connectivity index (χ0) is 20.1. The number of esters is 2. The van der Waals surface area contributed by atoms with Gasteiger partial charge in [0.15, 0.2) is 6.61 Å². The van der Waals surface area contributed by atoms with Crippen molar-refractivity contribution in [3.63, 3.8) is 0 Å². The predicted octanol–water partition coefficient (Wildman–Crippen LogP) is 2.33. The molecule has 0 N–H and O–H groups in total. The van der Waals surface area contributed by atoms with Gasteiger partial charge in [-0.2, -0.15) is 0 Å². The van der Waals surface area contributed by atoms with Crippen molar-refractivity contribution in [2.24, 2.45) is 0 Å². The molecule has 1 amide bonds. The molecule has 2 rings (SSSR count). The summed E-state index contributed by atoms with van der Waals surface area (Å²) in [6.45, 7) is 3.42. The third kappa shape index (κ3) is 4.81. The van der Waals surface area contributed by atoms with Gasteiger partial charge in [-0.25, -0.2) is 9.59 Å². The molecule has 146 valence electrons. The van der Waals surface area contributed by atoms with Crippen molar-refractivity contribution in [3.8, 4) is 0 Å². The topological polar surface area (TPSA) is 116 Å². The monoisotopic (exact) mass is 378 g/mol. The number of likely N-dealkylation sites (tertiary alicyclic amines) is 1. The lowest BCUT2D eigenvalue weighted by atomic mass is 9.97. The Labute approximate surface area is 156 Å². The van der Waals surface area contributed by atoms with Crippen LogP contribution in [-0.4, -0.2) is 53.5 Å². The molecule has 0 aromatic heterocycles. The molecule has 1 heterocycles. The Morgan fingerprint density at radius 2 is 1.67 bits per heavy atom. The van der Waals surface area contributed by atoms with Crippen molar-refractivity contribution < 1.29 is 28.8 Å². The third-order valence-electron chi connectivity index (χ3n) is 4.59. The second kappa shape index (κ2) is 8.61. The minimum Gasteiger partial charge on any atom is -0.465 e. The predicted molar refractivity (Wildman–Crippen MR) is 94.3 cm³/mol. The van der Waals surface area contributed by atoms with E-state index < -0.39 is 29.2 Å². The Balaban J connectivity index is 2.13. The van der Waals surface area contributed by atoms with Gasteiger partial charge in [0.05, 0.1) is 23.2 Å². The minimum atomic E-state index is -0.922. The van der Waals surface area contributed by atoms with Gasteiger partial charge in [-0.3, -0.25) is 14.9 Å². The third-order valence-corrected chi connectivity index (χ3v) is 4.59. The van der Waals surface area contributed by atoms with Crippen molar-refractivity contribution in [2.75, 3.05) is 13.7 Å². The van der Waals surface area contributed by atoms with Crippen molar-refractivity contribution in [3.05, 3.63) is 39.4 Å². The van der Waals surface area contributed by atoms with Crippen LogP contribution in [0.1, 0.15) is 53.8 Å². The number of amides is 1. The number of ether oxygens (including phenoxy) is 2. The first-order chi connectivity index (χ1) is 12.7. The van der Waals surface area contributed by atoms with Gasteiger partial charge in [-0.15, -0.1) is 0 Å². The Morgan fingerprint density at radius 1 is 1.11 bits per heavy atom. The van der Waals surface area contributed by atoms with E-state index in [-0.39, 0.29) is 29.1 Å². The molecular formula is C18H22N2O7. The van der Waals surface area contributed by atoms with E-state index in [4.69, 9.17) is 4.74 Å². The lowest BCUT2D eigenvalue weighted by molar-refractivity contribution is -0.384. The van der Waals surface area contributed by atoms with E-state index in [1.807, 2.05) is 13.8 Å². The van der Waals surface area contributed by atoms with Crippen LogP contribution < -0.4 is 0 Å². The molecule has 1 fully saturated rings. The van der Waals surface area contributed by atoms with Gasteiger partial charge < -0.3 is 14.4 Å². The Hall–Kier alpha value is -2.97. The summed E-state index contributed by atoms with van der Waals surface area (Å²) in [5.74, 6) is -2.06.